The lowest BCUT2D eigenvalue weighted by Crippen LogP contribution is -2.40. The van der Waals surface area contributed by atoms with Crippen molar-refractivity contribution in [2.75, 3.05) is 7.11 Å². The first-order valence-corrected chi connectivity index (χ1v) is 11.5. The molecule has 0 radical (unpaired) electrons. The summed E-state index contributed by atoms with van der Waals surface area (Å²) in [7, 11) is 1.33. The second-order valence-electron chi connectivity index (χ2n) is 8.87. The average Bonchev–Trinajstić information content (AvgIpc) is 2.82. The topological polar surface area (TPSA) is 77.4 Å². The maximum atomic E-state index is 13.5. The van der Waals surface area contributed by atoms with Crippen molar-refractivity contribution in [2.24, 2.45) is 5.92 Å². The highest BCUT2D eigenvalue weighted by atomic mass is 16.5. The Bertz CT molecular complexity index is 1200. The molecule has 6 heteroatoms. The molecule has 2 atom stereocenters. The van der Waals surface area contributed by atoms with Gasteiger partial charge in [0.25, 0.3) is 5.56 Å². The summed E-state index contributed by atoms with van der Waals surface area (Å²) < 4.78 is 6.35. The summed E-state index contributed by atoms with van der Waals surface area (Å²) in [5.41, 5.74) is 3.77. The number of hydrogen-bond donors (Lipinski definition) is 1. The molecule has 2 aromatic carbocycles. The largest absolute Gasteiger partial charge is 0.469 e. The lowest BCUT2D eigenvalue weighted by molar-refractivity contribution is -0.141. The summed E-state index contributed by atoms with van der Waals surface area (Å²) in [6, 6.07) is 19.4. The van der Waals surface area contributed by atoms with Crippen LogP contribution in [-0.2, 0) is 14.3 Å². The summed E-state index contributed by atoms with van der Waals surface area (Å²) in [5.74, 6) is -0.549. The van der Waals surface area contributed by atoms with Crippen LogP contribution in [0.1, 0.15) is 49.9 Å². The van der Waals surface area contributed by atoms with Crippen LogP contribution in [0, 0.1) is 12.8 Å². The van der Waals surface area contributed by atoms with Crippen molar-refractivity contribution < 1.29 is 14.3 Å². The molecule has 34 heavy (non-hydrogen) atoms. The first-order chi connectivity index (χ1) is 16.3. The number of pyridine rings is 1. The molecule has 0 fully saturated rings. The maximum Gasteiger partial charge on any atom is 0.307 e. The van der Waals surface area contributed by atoms with Crippen LogP contribution in [-0.4, -0.2) is 23.6 Å². The molecule has 6 nitrogen and oxygen atoms in total. The van der Waals surface area contributed by atoms with Crippen LogP contribution in [0.5, 0.6) is 0 Å². The molecule has 0 spiro atoms. The summed E-state index contributed by atoms with van der Waals surface area (Å²) in [6.07, 6.45) is 2.10. The normalized spacial score (nSPS) is 12.7. The van der Waals surface area contributed by atoms with Crippen molar-refractivity contribution in [1.29, 1.82) is 0 Å². The monoisotopic (exact) mass is 460 g/mol. The molecule has 0 aliphatic carbocycles. The number of nitrogens with one attached hydrogen (secondary N) is 1. The highest BCUT2D eigenvalue weighted by Crippen LogP contribution is 2.28. The van der Waals surface area contributed by atoms with Crippen LogP contribution in [0.25, 0.3) is 11.1 Å². The van der Waals surface area contributed by atoms with E-state index < -0.39 is 18.1 Å². The number of hydrogen-bond acceptors (Lipinski definition) is 4. The van der Waals surface area contributed by atoms with E-state index in [4.69, 9.17) is 4.74 Å². The van der Waals surface area contributed by atoms with E-state index >= 15 is 0 Å². The first-order valence-electron chi connectivity index (χ1n) is 11.5. The smallest absolute Gasteiger partial charge is 0.307 e. The number of benzene rings is 2. The lowest BCUT2D eigenvalue weighted by atomic mass is 9.95. The number of aromatic nitrogens is 1. The third kappa shape index (κ3) is 6.22. The number of ether oxygens (including phenoxy) is 1. The van der Waals surface area contributed by atoms with Gasteiger partial charge in [0.1, 0.15) is 6.04 Å². The summed E-state index contributed by atoms with van der Waals surface area (Å²) in [5, 5.41) is 3.02. The van der Waals surface area contributed by atoms with E-state index in [1.807, 2.05) is 69.3 Å². The van der Waals surface area contributed by atoms with Crippen LogP contribution in [0.15, 0.2) is 77.7 Å². The zero-order valence-electron chi connectivity index (χ0n) is 20.2. The van der Waals surface area contributed by atoms with Crippen molar-refractivity contribution in [3.8, 4) is 11.1 Å². The van der Waals surface area contributed by atoms with Crippen molar-refractivity contribution >= 4 is 11.9 Å². The number of carbonyl (C=O) groups excluding carboxylic acids is 2. The highest BCUT2D eigenvalue weighted by Gasteiger charge is 2.27. The van der Waals surface area contributed by atoms with Crippen LogP contribution in [0.3, 0.4) is 0 Å². The molecule has 178 valence electrons. The standard InChI is InChI=1S/C28H32N2O4/c1-19(2)16-25(30-15-8-7-14-26(30)31)28(33)29-24(18-27(32)34-4)22-12-9-11-21(17-22)23-13-6-5-10-20(23)3/h5-15,17,19,24-25H,16,18H2,1-4H3,(H,29,33). The van der Waals surface area contributed by atoms with E-state index in [0.29, 0.717) is 6.42 Å². The van der Waals surface area contributed by atoms with Crippen LogP contribution in [0.2, 0.25) is 0 Å². The maximum absolute atomic E-state index is 13.5. The highest BCUT2D eigenvalue weighted by molar-refractivity contribution is 5.82. The zero-order chi connectivity index (χ0) is 24.7. The van der Waals surface area contributed by atoms with Crippen LogP contribution >= 0.6 is 0 Å². The van der Waals surface area contributed by atoms with Gasteiger partial charge in [0.2, 0.25) is 5.91 Å². The molecular formula is C28H32N2O4. The average molecular weight is 461 g/mol. The molecular weight excluding hydrogens is 428 g/mol. The van der Waals surface area contributed by atoms with Gasteiger partial charge in [-0.25, -0.2) is 0 Å². The predicted molar refractivity (Wildman–Crippen MR) is 133 cm³/mol. The third-order valence-corrected chi connectivity index (χ3v) is 5.84. The second-order valence-corrected chi connectivity index (χ2v) is 8.87. The number of rotatable bonds is 9. The molecule has 0 aliphatic rings. The molecule has 0 bridgehead atoms. The number of esters is 1. The Morgan fingerprint density at radius 2 is 1.74 bits per heavy atom. The molecule has 3 aromatic rings. The Morgan fingerprint density at radius 3 is 2.41 bits per heavy atom. The Morgan fingerprint density at radius 1 is 1.00 bits per heavy atom. The van der Waals surface area contributed by atoms with E-state index in [-0.39, 0.29) is 23.8 Å². The van der Waals surface area contributed by atoms with Gasteiger partial charge in [-0.1, -0.05) is 62.4 Å². The van der Waals surface area contributed by atoms with E-state index in [9.17, 15) is 14.4 Å². The van der Waals surface area contributed by atoms with Crippen molar-refractivity contribution in [3.63, 3.8) is 0 Å². The van der Waals surface area contributed by atoms with Crippen molar-refractivity contribution in [2.45, 2.75) is 45.7 Å². The van der Waals surface area contributed by atoms with E-state index in [2.05, 4.69) is 5.32 Å². The number of aryl methyl sites for hydroxylation is 1. The van der Waals surface area contributed by atoms with Gasteiger partial charge in [-0.3, -0.25) is 14.4 Å². The molecule has 0 aliphatic heterocycles. The molecule has 1 aromatic heterocycles. The van der Waals surface area contributed by atoms with E-state index in [1.165, 1.54) is 17.7 Å². The molecule has 0 saturated heterocycles. The van der Waals surface area contributed by atoms with Gasteiger partial charge in [-0.15, -0.1) is 0 Å². The fraction of sp³-hybridized carbons (Fsp3) is 0.321. The van der Waals surface area contributed by atoms with E-state index in [1.54, 1.807) is 18.3 Å². The molecule has 0 saturated carbocycles. The van der Waals surface area contributed by atoms with Crippen LogP contribution < -0.4 is 10.9 Å². The molecule has 1 amide bonds. The van der Waals surface area contributed by atoms with Gasteiger partial charge >= 0.3 is 5.97 Å². The Balaban J connectivity index is 1.96. The number of nitrogens with zero attached hydrogens (tertiary/aromatic N) is 1. The fourth-order valence-electron chi connectivity index (χ4n) is 4.08. The van der Waals surface area contributed by atoms with Crippen molar-refractivity contribution in [1.82, 2.24) is 9.88 Å². The van der Waals surface area contributed by atoms with Gasteiger partial charge < -0.3 is 14.6 Å². The minimum atomic E-state index is -0.687. The quantitative estimate of drug-likeness (QED) is 0.464. The lowest BCUT2D eigenvalue weighted by Gasteiger charge is -2.25. The van der Waals surface area contributed by atoms with Gasteiger partial charge in [0.15, 0.2) is 0 Å². The SMILES string of the molecule is COC(=O)CC(NC(=O)C(CC(C)C)n1ccccc1=O)c1cccc(-c2ccccc2C)c1. The summed E-state index contributed by atoms with van der Waals surface area (Å²) >= 11 is 0. The molecule has 2 unspecified atom stereocenters. The number of amides is 1. The fourth-order valence-corrected chi connectivity index (χ4v) is 4.08. The van der Waals surface area contributed by atoms with Gasteiger partial charge in [0.05, 0.1) is 19.6 Å². The van der Waals surface area contributed by atoms with Crippen LogP contribution in [0.4, 0.5) is 0 Å². The number of carbonyl (C=O) groups is 2. The predicted octanol–water partition coefficient (Wildman–Crippen LogP) is 4.83. The first kappa shape index (κ1) is 25.0. The third-order valence-electron chi connectivity index (χ3n) is 5.84. The molecule has 3 rings (SSSR count). The minimum absolute atomic E-state index is 0.0163. The Labute approximate surface area is 200 Å². The zero-order valence-corrected chi connectivity index (χ0v) is 20.2. The minimum Gasteiger partial charge on any atom is -0.469 e. The molecule has 1 N–H and O–H groups in total. The number of methoxy groups -OCH3 is 1. The van der Waals surface area contributed by atoms with E-state index in [0.717, 1.165) is 22.3 Å². The summed E-state index contributed by atoms with van der Waals surface area (Å²) in [6.45, 7) is 6.06. The van der Waals surface area contributed by atoms with Gasteiger partial charge in [-0.2, -0.15) is 0 Å². The Kier molecular flexibility index (Phi) is 8.41. The van der Waals surface area contributed by atoms with Gasteiger partial charge in [0, 0.05) is 12.3 Å². The van der Waals surface area contributed by atoms with Gasteiger partial charge in [-0.05, 0) is 53.6 Å². The van der Waals surface area contributed by atoms with Crippen molar-refractivity contribution in [3.05, 3.63) is 94.4 Å². The Hall–Kier alpha value is -3.67. The second kappa shape index (κ2) is 11.5. The summed E-state index contributed by atoms with van der Waals surface area (Å²) in [4.78, 5) is 38.2. The molecule has 1 heterocycles.